The quantitative estimate of drug-likeness (QED) is 0.395. The first-order valence-corrected chi connectivity index (χ1v) is 7.54. The minimum atomic E-state index is 0.643. The highest BCUT2D eigenvalue weighted by Gasteiger charge is 2.26. The van der Waals surface area contributed by atoms with E-state index >= 15 is 0 Å². The fourth-order valence-corrected chi connectivity index (χ4v) is 2.78. The standard InChI is InChI=1S/C16H33/c1-5-9-13-16(12-8-4,14-10-6-2)15-11-7-3/h4-15H2,1-3H3. The molecule has 0 aliphatic carbocycles. The highest BCUT2D eigenvalue weighted by molar-refractivity contribution is 4.79. The third kappa shape index (κ3) is 6.55. The van der Waals surface area contributed by atoms with E-state index in [4.69, 9.17) is 0 Å². The van der Waals surface area contributed by atoms with Gasteiger partial charge >= 0.3 is 0 Å². The largest absolute Gasteiger partial charge is 0.0654 e. The summed E-state index contributed by atoms with van der Waals surface area (Å²) >= 11 is 0. The van der Waals surface area contributed by atoms with Crippen molar-refractivity contribution in [2.24, 2.45) is 5.41 Å². The molecule has 0 N–H and O–H groups in total. The van der Waals surface area contributed by atoms with Crippen LogP contribution < -0.4 is 0 Å². The van der Waals surface area contributed by atoms with Gasteiger partial charge in [0.05, 0.1) is 0 Å². The molecule has 0 fully saturated rings. The zero-order valence-corrected chi connectivity index (χ0v) is 12.0. The molecule has 0 saturated carbocycles. The van der Waals surface area contributed by atoms with Gasteiger partial charge in [-0.05, 0) is 31.1 Å². The van der Waals surface area contributed by atoms with E-state index in [1.165, 1.54) is 64.2 Å². The molecule has 0 aromatic heterocycles. The molecule has 0 rings (SSSR count). The van der Waals surface area contributed by atoms with Gasteiger partial charge in [-0.1, -0.05) is 72.6 Å². The molecule has 97 valence electrons. The van der Waals surface area contributed by atoms with Crippen molar-refractivity contribution in [3.8, 4) is 0 Å². The maximum atomic E-state index is 4.09. The SMILES string of the molecule is [CH2]CCC(CCCC)(CCCC)CCCC. The average molecular weight is 225 g/mol. The van der Waals surface area contributed by atoms with E-state index in [0.717, 1.165) is 6.42 Å². The minimum Gasteiger partial charge on any atom is -0.0654 e. The molecule has 0 amide bonds. The van der Waals surface area contributed by atoms with Gasteiger partial charge in [-0.3, -0.25) is 0 Å². The molecule has 0 heteroatoms. The predicted molar refractivity (Wildman–Crippen MR) is 75.6 cm³/mol. The molecule has 0 spiro atoms. The van der Waals surface area contributed by atoms with Crippen molar-refractivity contribution in [3.05, 3.63) is 6.92 Å². The first kappa shape index (κ1) is 16.0. The van der Waals surface area contributed by atoms with E-state index in [1.54, 1.807) is 0 Å². The van der Waals surface area contributed by atoms with Gasteiger partial charge < -0.3 is 0 Å². The van der Waals surface area contributed by atoms with Gasteiger partial charge in [-0.15, -0.1) is 0 Å². The smallest absolute Gasteiger partial charge is 0.0297 e. The Kier molecular flexibility index (Phi) is 10.2. The fourth-order valence-electron chi connectivity index (χ4n) is 2.78. The first-order chi connectivity index (χ1) is 7.74. The minimum absolute atomic E-state index is 0.643. The zero-order valence-electron chi connectivity index (χ0n) is 12.0. The summed E-state index contributed by atoms with van der Waals surface area (Å²) in [5.41, 5.74) is 0.643. The van der Waals surface area contributed by atoms with Crippen molar-refractivity contribution in [1.29, 1.82) is 0 Å². The summed E-state index contributed by atoms with van der Waals surface area (Å²) in [5.74, 6) is 0. The van der Waals surface area contributed by atoms with Gasteiger partial charge in [0, 0.05) is 0 Å². The number of hydrogen-bond donors (Lipinski definition) is 0. The van der Waals surface area contributed by atoms with Crippen LogP contribution in [-0.4, -0.2) is 0 Å². The van der Waals surface area contributed by atoms with E-state index in [0.29, 0.717) is 5.41 Å². The second-order valence-corrected chi connectivity index (χ2v) is 5.41. The molecule has 0 aliphatic heterocycles. The van der Waals surface area contributed by atoms with Gasteiger partial charge in [0.1, 0.15) is 0 Å². The summed E-state index contributed by atoms with van der Waals surface area (Å²) in [4.78, 5) is 0. The van der Waals surface area contributed by atoms with Crippen LogP contribution in [-0.2, 0) is 0 Å². The predicted octanol–water partition coefficient (Wildman–Crippen LogP) is 6.16. The van der Waals surface area contributed by atoms with Crippen LogP contribution >= 0.6 is 0 Å². The van der Waals surface area contributed by atoms with Crippen LogP contribution in [0, 0.1) is 12.3 Å². The Bertz CT molecular complexity index is 115. The lowest BCUT2D eigenvalue weighted by atomic mass is 9.71. The van der Waals surface area contributed by atoms with Crippen molar-refractivity contribution in [3.63, 3.8) is 0 Å². The van der Waals surface area contributed by atoms with E-state index in [9.17, 15) is 0 Å². The molecule has 0 unspecified atom stereocenters. The number of rotatable bonds is 11. The Balaban J connectivity index is 4.32. The summed E-state index contributed by atoms with van der Waals surface area (Å²) in [7, 11) is 0. The van der Waals surface area contributed by atoms with Crippen molar-refractivity contribution >= 4 is 0 Å². The maximum absolute atomic E-state index is 4.09. The molecule has 0 bridgehead atoms. The summed E-state index contributed by atoms with van der Waals surface area (Å²) in [6.07, 6.45) is 15.1. The Morgan fingerprint density at radius 1 is 0.688 bits per heavy atom. The van der Waals surface area contributed by atoms with Gasteiger partial charge in [0.15, 0.2) is 0 Å². The van der Waals surface area contributed by atoms with E-state index in [2.05, 4.69) is 27.7 Å². The van der Waals surface area contributed by atoms with Gasteiger partial charge in [0.25, 0.3) is 0 Å². The van der Waals surface area contributed by atoms with Gasteiger partial charge in [-0.25, -0.2) is 0 Å². The van der Waals surface area contributed by atoms with Crippen LogP contribution in [0.25, 0.3) is 0 Å². The molecule has 0 aromatic rings. The summed E-state index contributed by atoms with van der Waals surface area (Å²) in [6.45, 7) is 11.0. The second kappa shape index (κ2) is 10.2. The number of unbranched alkanes of at least 4 members (excludes halogenated alkanes) is 3. The highest BCUT2D eigenvalue weighted by atomic mass is 14.3. The molecule has 0 nitrogen and oxygen atoms in total. The molecule has 16 heavy (non-hydrogen) atoms. The molecule has 0 atom stereocenters. The van der Waals surface area contributed by atoms with Gasteiger partial charge in [-0.2, -0.15) is 0 Å². The fraction of sp³-hybridized carbons (Fsp3) is 0.938. The molecule has 0 saturated heterocycles. The summed E-state index contributed by atoms with van der Waals surface area (Å²) in [6, 6.07) is 0. The Morgan fingerprint density at radius 2 is 1.06 bits per heavy atom. The normalized spacial score (nSPS) is 12.0. The Morgan fingerprint density at radius 3 is 1.31 bits per heavy atom. The van der Waals surface area contributed by atoms with Crippen molar-refractivity contribution < 1.29 is 0 Å². The third-order valence-electron chi connectivity index (χ3n) is 3.89. The highest BCUT2D eigenvalue weighted by Crippen LogP contribution is 2.40. The first-order valence-electron chi connectivity index (χ1n) is 7.54. The second-order valence-electron chi connectivity index (χ2n) is 5.41. The maximum Gasteiger partial charge on any atom is -0.0297 e. The van der Waals surface area contributed by atoms with Crippen LogP contribution in [0.1, 0.15) is 91.4 Å². The van der Waals surface area contributed by atoms with Crippen LogP contribution in [0.3, 0.4) is 0 Å². The zero-order chi connectivity index (χ0) is 12.3. The number of hydrogen-bond acceptors (Lipinski definition) is 0. The average Bonchev–Trinajstić information content (AvgIpc) is 2.31. The third-order valence-corrected chi connectivity index (χ3v) is 3.89. The summed E-state index contributed by atoms with van der Waals surface area (Å²) in [5, 5.41) is 0. The monoisotopic (exact) mass is 225 g/mol. The van der Waals surface area contributed by atoms with Gasteiger partial charge in [0.2, 0.25) is 0 Å². The van der Waals surface area contributed by atoms with Crippen LogP contribution in [0.15, 0.2) is 0 Å². The van der Waals surface area contributed by atoms with E-state index in [1.807, 2.05) is 0 Å². The van der Waals surface area contributed by atoms with Crippen molar-refractivity contribution in [2.75, 3.05) is 0 Å². The molecule has 0 aromatic carbocycles. The van der Waals surface area contributed by atoms with Crippen molar-refractivity contribution in [1.82, 2.24) is 0 Å². The van der Waals surface area contributed by atoms with Crippen LogP contribution in [0.4, 0.5) is 0 Å². The Hall–Kier alpha value is 0. The molecular weight excluding hydrogens is 192 g/mol. The molecular formula is C16H33. The molecule has 0 aliphatic rings. The lowest BCUT2D eigenvalue weighted by molar-refractivity contribution is 0.183. The topological polar surface area (TPSA) is 0 Å². The van der Waals surface area contributed by atoms with E-state index < -0.39 is 0 Å². The lowest BCUT2D eigenvalue weighted by Gasteiger charge is -2.34. The van der Waals surface area contributed by atoms with Crippen LogP contribution in [0.2, 0.25) is 0 Å². The molecule has 1 radical (unpaired) electrons. The molecule has 0 heterocycles. The Labute approximate surface area is 104 Å². The van der Waals surface area contributed by atoms with Crippen molar-refractivity contribution in [2.45, 2.75) is 91.4 Å². The van der Waals surface area contributed by atoms with E-state index in [-0.39, 0.29) is 0 Å². The summed E-state index contributed by atoms with van der Waals surface area (Å²) < 4.78 is 0. The van der Waals surface area contributed by atoms with Crippen LogP contribution in [0.5, 0.6) is 0 Å². The lowest BCUT2D eigenvalue weighted by Crippen LogP contribution is -2.21.